The molecule has 0 aliphatic rings. The van der Waals surface area contributed by atoms with Gasteiger partial charge in [-0.05, 0) is 42.3 Å². The molecular formula is C17H21N3O2S. The van der Waals surface area contributed by atoms with E-state index in [1.807, 2.05) is 31.2 Å². The molecule has 5 nitrogen and oxygen atoms in total. The Morgan fingerprint density at radius 2 is 1.83 bits per heavy atom. The molecule has 0 radical (unpaired) electrons. The summed E-state index contributed by atoms with van der Waals surface area (Å²) in [5.41, 5.74) is 13.8. The van der Waals surface area contributed by atoms with E-state index in [0.29, 0.717) is 11.3 Å². The second-order valence-electron chi connectivity index (χ2n) is 4.78. The number of carbonyl (C=O) groups excluding carboxylic acids is 1. The lowest BCUT2D eigenvalue weighted by Gasteiger charge is -2.02. The van der Waals surface area contributed by atoms with E-state index in [9.17, 15) is 9.00 Å². The van der Waals surface area contributed by atoms with Crippen LogP contribution in [0.2, 0.25) is 0 Å². The van der Waals surface area contributed by atoms with Gasteiger partial charge in [-0.3, -0.25) is 25.5 Å². The van der Waals surface area contributed by atoms with Gasteiger partial charge in [-0.2, -0.15) is 0 Å². The minimum atomic E-state index is -1.50. The Morgan fingerprint density at radius 3 is 2.30 bits per heavy atom. The molecule has 1 aromatic carbocycles. The fourth-order valence-corrected chi connectivity index (χ4v) is 2.23. The molecule has 0 saturated heterocycles. The first kappa shape index (κ1) is 18.9. The van der Waals surface area contributed by atoms with Crippen molar-refractivity contribution in [3.63, 3.8) is 0 Å². The summed E-state index contributed by atoms with van der Waals surface area (Å²) in [6, 6.07) is 6.98. The van der Waals surface area contributed by atoms with E-state index < -0.39 is 17.1 Å². The smallest absolute Gasteiger partial charge is 0.248 e. The Morgan fingerprint density at radius 1 is 1.26 bits per heavy atom. The van der Waals surface area contributed by atoms with Gasteiger partial charge in [-0.1, -0.05) is 30.9 Å². The molecule has 0 amide bonds. The van der Waals surface area contributed by atoms with Gasteiger partial charge in [0, 0.05) is 11.8 Å². The third-order valence-electron chi connectivity index (χ3n) is 2.96. The van der Waals surface area contributed by atoms with Gasteiger partial charge in [0.25, 0.3) is 0 Å². The molecule has 1 unspecified atom stereocenters. The molecule has 1 rings (SSSR count). The van der Waals surface area contributed by atoms with E-state index in [-0.39, 0.29) is 5.12 Å². The van der Waals surface area contributed by atoms with E-state index >= 15 is 0 Å². The van der Waals surface area contributed by atoms with Gasteiger partial charge in [0.05, 0.1) is 16.5 Å². The third kappa shape index (κ3) is 6.23. The summed E-state index contributed by atoms with van der Waals surface area (Å²) < 4.78 is 11.2. The molecule has 4 N–H and O–H groups in total. The van der Waals surface area contributed by atoms with Crippen LogP contribution in [0.5, 0.6) is 0 Å². The molecule has 1 aromatic rings. The maximum absolute atomic E-state index is 11.6. The Labute approximate surface area is 138 Å². The largest absolute Gasteiger partial charge is 0.297 e. The van der Waals surface area contributed by atoms with E-state index in [1.54, 1.807) is 24.3 Å². The van der Waals surface area contributed by atoms with Gasteiger partial charge in [0.1, 0.15) is 6.29 Å². The molecule has 1 atom stereocenters. The summed E-state index contributed by atoms with van der Waals surface area (Å²) in [6.07, 6.45) is 7.64. The van der Waals surface area contributed by atoms with Gasteiger partial charge < -0.3 is 0 Å². The highest BCUT2D eigenvalue weighted by Gasteiger charge is 2.09. The lowest BCUT2D eigenvalue weighted by molar-refractivity contribution is 0.108. The predicted octanol–water partition coefficient (Wildman–Crippen LogP) is 1.99. The highest BCUT2D eigenvalue weighted by atomic mass is 32.2. The number of allylic oxidation sites excluding steroid dienone is 5. The van der Waals surface area contributed by atoms with Crippen molar-refractivity contribution in [2.75, 3.05) is 6.26 Å². The van der Waals surface area contributed by atoms with Gasteiger partial charge in [-0.25, -0.2) is 0 Å². The average molecular weight is 331 g/mol. The zero-order valence-electron chi connectivity index (χ0n) is 13.2. The molecule has 0 aliphatic heterocycles. The predicted molar refractivity (Wildman–Crippen MR) is 97.4 cm³/mol. The summed E-state index contributed by atoms with van der Waals surface area (Å²) >= 11 is 0. The molecule has 0 bridgehead atoms. The van der Waals surface area contributed by atoms with Crippen LogP contribution < -0.4 is 11.5 Å². The van der Waals surface area contributed by atoms with Crippen LogP contribution in [0.25, 0.3) is 5.57 Å². The molecule has 0 saturated carbocycles. The standard InChI is InChI=1S/C17H21N3O2S/c1-4-15(20-17(18)19)7-5-6-12(2)13-8-10-14(11-9-13)16(21)23(3)22/h4-11,17H,1,18-19H2,2-3H3/b7-5-,12-6+,20-15?. The Balaban J connectivity index is 2.88. The first-order valence-electron chi connectivity index (χ1n) is 6.89. The minimum Gasteiger partial charge on any atom is -0.297 e. The highest BCUT2D eigenvalue weighted by molar-refractivity contribution is 8.00. The Bertz CT molecular complexity index is 686. The molecule has 6 heteroatoms. The van der Waals surface area contributed by atoms with Crippen LogP contribution in [0.1, 0.15) is 22.8 Å². The second kappa shape index (κ2) is 9.09. The molecule has 0 heterocycles. The molecular weight excluding hydrogens is 310 g/mol. The average Bonchev–Trinajstić information content (AvgIpc) is 2.52. The van der Waals surface area contributed by atoms with Gasteiger partial charge >= 0.3 is 0 Å². The summed E-state index contributed by atoms with van der Waals surface area (Å²) in [4.78, 5) is 15.6. The SMILES string of the molecule is C=CC(/C=C\C=C(/C)c1ccc(C(=O)S(C)=O)cc1)=NC(N)N. The molecule has 23 heavy (non-hydrogen) atoms. The number of aliphatic imine (C=N–C) groups is 1. The van der Waals surface area contributed by atoms with Crippen LogP contribution >= 0.6 is 0 Å². The van der Waals surface area contributed by atoms with Crippen molar-refractivity contribution >= 4 is 27.2 Å². The molecule has 122 valence electrons. The molecule has 0 fully saturated rings. The van der Waals surface area contributed by atoms with Crippen LogP contribution in [0, 0.1) is 0 Å². The van der Waals surface area contributed by atoms with E-state index in [0.717, 1.165) is 11.1 Å². The Hall–Kier alpha value is -2.15. The number of benzene rings is 1. The lowest BCUT2D eigenvalue weighted by atomic mass is 10.1. The number of nitrogens with zero attached hydrogens (tertiary/aromatic N) is 1. The van der Waals surface area contributed by atoms with E-state index in [1.165, 1.54) is 6.26 Å². The monoisotopic (exact) mass is 331 g/mol. The molecule has 0 spiro atoms. The maximum atomic E-state index is 11.6. The summed E-state index contributed by atoms with van der Waals surface area (Å²) in [7, 11) is -1.50. The third-order valence-corrected chi connectivity index (χ3v) is 3.72. The van der Waals surface area contributed by atoms with Gasteiger partial charge in [0.2, 0.25) is 5.12 Å². The summed E-state index contributed by atoms with van der Waals surface area (Å²) in [6.45, 7) is 5.58. The van der Waals surface area contributed by atoms with Crippen molar-refractivity contribution in [1.82, 2.24) is 0 Å². The quantitative estimate of drug-likeness (QED) is 0.473. The van der Waals surface area contributed by atoms with Gasteiger partial charge in [0.15, 0.2) is 0 Å². The van der Waals surface area contributed by atoms with Crippen LogP contribution in [0.3, 0.4) is 0 Å². The van der Waals surface area contributed by atoms with Crippen molar-refractivity contribution in [1.29, 1.82) is 0 Å². The number of hydrogen-bond acceptors (Lipinski definition) is 5. The lowest BCUT2D eigenvalue weighted by Crippen LogP contribution is -2.28. The van der Waals surface area contributed by atoms with Crippen LogP contribution in [0.4, 0.5) is 0 Å². The van der Waals surface area contributed by atoms with Crippen molar-refractivity contribution in [2.24, 2.45) is 16.5 Å². The second-order valence-corrected chi connectivity index (χ2v) is 6.06. The van der Waals surface area contributed by atoms with E-state index in [2.05, 4.69) is 11.6 Å². The number of carbonyl (C=O) groups is 1. The fourth-order valence-electron chi connectivity index (χ4n) is 1.76. The summed E-state index contributed by atoms with van der Waals surface area (Å²) in [5.74, 6) is 0. The van der Waals surface area contributed by atoms with Crippen molar-refractivity contribution in [2.45, 2.75) is 13.2 Å². The summed E-state index contributed by atoms with van der Waals surface area (Å²) in [5, 5.41) is -0.372. The maximum Gasteiger partial charge on any atom is 0.248 e. The minimum absolute atomic E-state index is 0.372. The van der Waals surface area contributed by atoms with Gasteiger partial charge in [-0.15, -0.1) is 0 Å². The normalized spacial score (nSPS) is 14.3. The zero-order chi connectivity index (χ0) is 17.4. The zero-order valence-corrected chi connectivity index (χ0v) is 14.0. The first-order chi connectivity index (χ1) is 10.8. The van der Waals surface area contributed by atoms with Crippen molar-refractivity contribution in [3.8, 4) is 0 Å². The highest BCUT2D eigenvalue weighted by Crippen LogP contribution is 2.15. The van der Waals surface area contributed by atoms with Crippen molar-refractivity contribution < 1.29 is 9.00 Å². The van der Waals surface area contributed by atoms with E-state index in [4.69, 9.17) is 11.5 Å². The number of rotatable bonds is 6. The Kier molecular flexibility index (Phi) is 7.47. The van der Waals surface area contributed by atoms with Crippen LogP contribution in [-0.4, -0.2) is 27.6 Å². The number of nitrogens with two attached hydrogens (primary N) is 2. The first-order valence-corrected chi connectivity index (χ1v) is 8.45. The van der Waals surface area contributed by atoms with Crippen molar-refractivity contribution in [3.05, 3.63) is 66.3 Å². The molecule has 0 aliphatic carbocycles. The topological polar surface area (TPSA) is 98.5 Å². The number of hydrogen-bond donors (Lipinski definition) is 2. The fraction of sp³-hybridized carbons (Fsp3) is 0.176. The van der Waals surface area contributed by atoms with Crippen LogP contribution in [0.15, 0.2) is 60.1 Å². The molecule has 0 aromatic heterocycles. The van der Waals surface area contributed by atoms with Crippen LogP contribution in [-0.2, 0) is 10.8 Å².